The molecule has 0 fully saturated rings. The Balaban J connectivity index is 2.75. The third kappa shape index (κ3) is 3.48. The van der Waals surface area contributed by atoms with Crippen LogP contribution >= 0.6 is 0 Å². The largest absolute Gasteiger partial charge is 0.491 e. The lowest BCUT2D eigenvalue weighted by atomic mass is 10.0. The normalized spacial score (nSPS) is 14.5. The summed E-state index contributed by atoms with van der Waals surface area (Å²) in [4.78, 5) is 0. The van der Waals surface area contributed by atoms with Crippen molar-refractivity contribution in [3.63, 3.8) is 0 Å². The van der Waals surface area contributed by atoms with E-state index in [9.17, 15) is 10.2 Å². The summed E-state index contributed by atoms with van der Waals surface area (Å²) in [5, 5.41) is 19.1. The number of aliphatic hydroxyl groups excluding tert-OH is 2. The summed E-state index contributed by atoms with van der Waals surface area (Å²) in [6.45, 7) is 2.44. The van der Waals surface area contributed by atoms with Gasteiger partial charge in [-0.3, -0.25) is 0 Å². The average Bonchev–Trinajstić information content (AvgIpc) is 2.29. The molecule has 0 bridgehead atoms. The zero-order valence-corrected chi connectivity index (χ0v) is 9.59. The Kier molecular flexibility index (Phi) is 5.25. The quantitative estimate of drug-likeness (QED) is 0.714. The van der Waals surface area contributed by atoms with Crippen LogP contribution in [0, 0.1) is 0 Å². The molecule has 16 heavy (non-hydrogen) atoms. The Morgan fingerprint density at radius 1 is 1.19 bits per heavy atom. The number of hydrogen-bond acceptors (Lipinski definition) is 4. The van der Waals surface area contributed by atoms with Crippen molar-refractivity contribution in [1.82, 2.24) is 0 Å². The summed E-state index contributed by atoms with van der Waals surface area (Å²) in [6.07, 6.45) is -1.76. The second kappa shape index (κ2) is 6.48. The summed E-state index contributed by atoms with van der Waals surface area (Å²) in [5.41, 5.74) is 0.591. The molecule has 0 saturated carbocycles. The lowest BCUT2D eigenvalue weighted by Crippen LogP contribution is -2.15. The fourth-order valence-corrected chi connectivity index (χ4v) is 1.35. The first kappa shape index (κ1) is 13.0. The van der Waals surface area contributed by atoms with Crippen LogP contribution < -0.4 is 4.74 Å². The molecule has 2 unspecified atom stereocenters. The van der Waals surface area contributed by atoms with E-state index in [0.29, 0.717) is 24.5 Å². The van der Waals surface area contributed by atoms with Gasteiger partial charge in [-0.15, -0.1) is 0 Å². The van der Waals surface area contributed by atoms with E-state index in [2.05, 4.69) is 0 Å². The summed E-state index contributed by atoms with van der Waals surface area (Å²) in [5.74, 6) is 0.577. The predicted molar refractivity (Wildman–Crippen MR) is 60.5 cm³/mol. The smallest absolute Gasteiger partial charge is 0.125 e. The number of para-hydroxylation sites is 1. The second-order valence-electron chi connectivity index (χ2n) is 3.56. The average molecular weight is 226 g/mol. The molecule has 2 N–H and O–H groups in total. The first-order valence-corrected chi connectivity index (χ1v) is 5.23. The van der Waals surface area contributed by atoms with E-state index in [0.717, 1.165) is 0 Å². The van der Waals surface area contributed by atoms with Crippen molar-refractivity contribution in [2.75, 3.05) is 20.3 Å². The van der Waals surface area contributed by atoms with E-state index >= 15 is 0 Å². The minimum atomic E-state index is -0.932. The molecule has 90 valence electrons. The molecule has 0 aliphatic heterocycles. The molecule has 1 aromatic carbocycles. The highest BCUT2D eigenvalue weighted by molar-refractivity contribution is 5.35. The zero-order chi connectivity index (χ0) is 12.0. The third-order valence-electron chi connectivity index (χ3n) is 2.24. The van der Waals surface area contributed by atoms with Gasteiger partial charge in [0.2, 0.25) is 0 Å². The van der Waals surface area contributed by atoms with Crippen LogP contribution in [-0.2, 0) is 4.74 Å². The third-order valence-corrected chi connectivity index (χ3v) is 2.24. The van der Waals surface area contributed by atoms with Gasteiger partial charge < -0.3 is 19.7 Å². The van der Waals surface area contributed by atoms with E-state index in [1.54, 1.807) is 25.3 Å². The molecule has 4 heteroatoms. The number of hydrogen-bond donors (Lipinski definition) is 2. The first-order valence-electron chi connectivity index (χ1n) is 5.23. The molecule has 0 radical (unpaired) electrons. The molecule has 0 spiro atoms. The monoisotopic (exact) mass is 226 g/mol. The highest BCUT2D eigenvalue weighted by Gasteiger charge is 2.17. The van der Waals surface area contributed by atoms with Gasteiger partial charge in [0.15, 0.2) is 0 Å². The van der Waals surface area contributed by atoms with Crippen molar-refractivity contribution in [2.24, 2.45) is 0 Å². The van der Waals surface area contributed by atoms with Crippen molar-refractivity contribution in [1.29, 1.82) is 0 Å². The molecule has 2 atom stereocenters. The molecule has 0 heterocycles. The van der Waals surface area contributed by atoms with Crippen LogP contribution in [-0.4, -0.2) is 36.6 Å². The summed E-state index contributed by atoms with van der Waals surface area (Å²) in [7, 11) is 1.60. The van der Waals surface area contributed by atoms with Crippen molar-refractivity contribution in [3.05, 3.63) is 29.8 Å². The molecule has 0 saturated heterocycles. The summed E-state index contributed by atoms with van der Waals surface area (Å²) in [6, 6.07) is 7.11. The minimum Gasteiger partial charge on any atom is -0.491 e. The number of rotatable bonds is 6. The van der Waals surface area contributed by atoms with Crippen molar-refractivity contribution in [3.8, 4) is 5.75 Å². The van der Waals surface area contributed by atoms with Gasteiger partial charge in [-0.25, -0.2) is 0 Å². The fraction of sp³-hybridized carbons (Fsp3) is 0.500. The van der Waals surface area contributed by atoms with E-state index in [1.807, 2.05) is 6.07 Å². The minimum absolute atomic E-state index is 0.417. The Morgan fingerprint density at radius 2 is 1.88 bits per heavy atom. The topological polar surface area (TPSA) is 58.9 Å². The van der Waals surface area contributed by atoms with Crippen molar-refractivity contribution < 1.29 is 19.7 Å². The molecule has 4 nitrogen and oxygen atoms in total. The van der Waals surface area contributed by atoms with Crippen LogP contribution in [0.5, 0.6) is 5.75 Å². The highest BCUT2D eigenvalue weighted by atomic mass is 16.5. The van der Waals surface area contributed by atoms with Gasteiger partial charge in [-0.2, -0.15) is 0 Å². The maximum absolute atomic E-state index is 9.77. The van der Waals surface area contributed by atoms with Gasteiger partial charge >= 0.3 is 0 Å². The van der Waals surface area contributed by atoms with E-state index < -0.39 is 12.2 Å². The van der Waals surface area contributed by atoms with Gasteiger partial charge in [0.25, 0.3) is 0 Å². The molecule has 0 aromatic heterocycles. The van der Waals surface area contributed by atoms with Crippen LogP contribution in [0.4, 0.5) is 0 Å². The molecule has 1 aromatic rings. The Morgan fingerprint density at radius 3 is 2.50 bits per heavy atom. The first-order chi connectivity index (χ1) is 7.66. The molecule has 0 amide bonds. The van der Waals surface area contributed by atoms with Crippen molar-refractivity contribution in [2.45, 2.75) is 19.1 Å². The number of aliphatic hydroxyl groups is 2. The fourth-order valence-electron chi connectivity index (χ4n) is 1.35. The Bertz CT molecular complexity index is 312. The van der Waals surface area contributed by atoms with Crippen LogP contribution in [0.1, 0.15) is 18.6 Å². The van der Waals surface area contributed by atoms with Gasteiger partial charge in [0.1, 0.15) is 18.5 Å². The van der Waals surface area contributed by atoms with E-state index in [1.165, 1.54) is 6.92 Å². The second-order valence-corrected chi connectivity index (χ2v) is 3.56. The molecule has 0 aliphatic rings. The van der Waals surface area contributed by atoms with Gasteiger partial charge in [0, 0.05) is 12.7 Å². The molecule has 0 aliphatic carbocycles. The maximum atomic E-state index is 9.77. The predicted octanol–water partition coefficient (Wildman–Crippen LogP) is 1.13. The van der Waals surface area contributed by atoms with Crippen LogP contribution in [0.2, 0.25) is 0 Å². The van der Waals surface area contributed by atoms with Gasteiger partial charge in [-0.1, -0.05) is 18.2 Å². The molecular formula is C12H18O4. The number of benzene rings is 1. The SMILES string of the molecule is COCCOc1ccccc1C(O)C(C)O. The Hall–Kier alpha value is -1.10. The van der Waals surface area contributed by atoms with Gasteiger partial charge in [-0.05, 0) is 13.0 Å². The van der Waals surface area contributed by atoms with E-state index in [-0.39, 0.29) is 0 Å². The molecule has 1 rings (SSSR count). The van der Waals surface area contributed by atoms with Gasteiger partial charge in [0.05, 0.1) is 12.7 Å². The van der Waals surface area contributed by atoms with Crippen LogP contribution in [0.25, 0.3) is 0 Å². The number of ether oxygens (including phenoxy) is 2. The number of methoxy groups -OCH3 is 1. The lowest BCUT2D eigenvalue weighted by molar-refractivity contribution is 0.0282. The lowest BCUT2D eigenvalue weighted by Gasteiger charge is -2.18. The zero-order valence-electron chi connectivity index (χ0n) is 9.59. The van der Waals surface area contributed by atoms with Crippen LogP contribution in [0.15, 0.2) is 24.3 Å². The highest BCUT2D eigenvalue weighted by Crippen LogP contribution is 2.26. The Labute approximate surface area is 95.4 Å². The van der Waals surface area contributed by atoms with E-state index in [4.69, 9.17) is 9.47 Å². The van der Waals surface area contributed by atoms with Crippen molar-refractivity contribution >= 4 is 0 Å². The standard InChI is InChI=1S/C12H18O4/c1-9(13)12(14)10-5-3-4-6-11(10)16-8-7-15-2/h3-6,9,12-14H,7-8H2,1-2H3. The molecular weight excluding hydrogens is 208 g/mol. The summed E-state index contributed by atoms with van der Waals surface area (Å²) >= 11 is 0. The van der Waals surface area contributed by atoms with Crippen LogP contribution in [0.3, 0.4) is 0 Å². The summed E-state index contributed by atoms with van der Waals surface area (Å²) < 4.78 is 10.3. The maximum Gasteiger partial charge on any atom is 0.125 e.